The molecule has 0 aliphatic rings. The normalized spacial score (nSPS) is 10.5. The van der Waals surface area contributed by atoms with E-state index in [0.717, 1.165) is 11.3 Å². The number of aromatic amines is 1. The van der Waals surface area contributed by atoms with Crippen LogP contribution in [0.15, 0.2) is 12.4 Å². The number of hydrogen-bond acceptors (Lipinski definition) is 4. The van der Waals surface area contributed by atoms with Crippen molar-refractivity contribution in [3.63, 3.8) is 0 Å². The van der Waals surface area contributed by atoms with Crippen LogP contribution in [0, 0.1) is 0 Å². The van der Waals surface area contributed by atoms with Crippen molar-refractivity contribution >= 4 is 17.3 Å². The number of rotatable bonds is 3. The fourth-order valence-electron chi connectivity index (χ4n) is 1.24. The van der Waals surface area contributed by atoms with Gasteiger partial charge in [-0.25, -0.2) is 14.8 Å². The fraction of sp³-hybridized carbons (Fsp3) is 0.222. The zero-order chi connectivity index (χ0) is 10.8. The summed E-state index contributed by atoms with van der Waals surface area (Å²) in [5.41, 5.74) is 0.610. The predicted molar refractivity (Wildman–Crippen MR) is 56.0 cm³/mol. The average Bonchev–Trinajstić information content (AvgIpc) is 2.86. The molecule has 0 amide bonds. The Morgan fingerprint density at radius 3 is 2.93 bits per heavy atom. The van der Waals surface area contributed by atoms with E-state index in [-0.39, 0.29) is 0 Å². The summed E-state index contributed by atoms with van der Waals surface area (Å²) in [6, 6.07) is 0. The number of nitrogens with zero attached hydrogens (tertiary/aromatic N) is 2. The third-order valence-corrected chi connectivity index (χ3v) is 3.02. The van der Waals surface area contributed by atoms with Crippen molar-refractivity contribution in [2.24, 2.45) is 0 Å². The number of imidazole rings is 1. The number of carboxylic acids is 1. The maximum atomic E-state index is 10.9. The van der Waals surface area contributed by atoms with Crippen LogP contribution in [0.25, 0.3) is 10.8 Å². The molecule has 0 atom stereocenters. The molecule has 5 nitrogen and oxygen atoms in total. The van der Waals surface area contributed by atoms with E-state index in [1.807, 2.05) is 6.92 Å². The number of carbonyl (C=O) groups is 1. The van der Waals surface area contributed by atoms with Crippen LogP contribution >= 0.6 is 11.3 Å². The topological polar surface area (TPSA) is 78.9 Å². The molecule has 2 heterocycles. The van der Waals surface area contributed by atoms with Crippen LogP contribution in [0.1, 0.15) is 22.3 Å². The molecule has 2 aromatic rings. The highest BCUT2D eigenvalue weighted by atomic mass is 32.1. The number of carboxylic acid groups (broad SMARTS) is 1. The molecule has 0 saturated carbocycles. The molecule has 2 N–H and O–H groups in total. The molecular formula is C9H9N3O2S. The molecule has 78 valence electrons. The Morgan fingerprint density at radius 2 is 2.47 bits per heavy atom. The molecule has 2 aromatic heterocycles. The van der Waals surface area contributed by atoms with Gasteiger partial charge in [-0.15, -0.1) is 11.3 Å². The van der Waals surface area contributed by atoms with E-state index >= 15 is 0 Å². The van der Waals surface area contributed by atoms with E-state index in [2.05, 4.69) is 15.0 Å². The summed E-state index contributed by atoms with van der Waals surface area (Å²) in [7, 11) is 0. The molecule has 0 unspecified atom stereocenters. The molecule has 0 aliphatic carbocycles. The van der Waals surface area contributed by atoms with E-state index in [1.165, 1.54) is 0 Å². The van der Waals surface area contributed by atoms with Gasteiger partial charge >= 0.3 is 5.97 Å². The molecule has 6 heteroatoms. The van der Waals surface area contributed by atoms with Gasteiger partial charge in [0.2, 0.25) is 0 Å². The number of aryl methyl sites for hydroxylation is 1. The summed E-state index contributed by atoms with van der Waals surface area (Å²) in [5.74, 6) is -0.315. The first-order valence-corrected chi connectivity index (χ1v) is 5.26. The Morgan fingerprint density at radius 1 is 1.67 bits per heavy atom. The minimum absolute atomic E-state index is 0.295. The van der Waals surface area contributed by atoms with Crippen LogP contribution in [0.3, 0.4) is 0 Å². The number of nitrogens with one attached hydrogen (secondary N) is 1. The van der Waals surface area contributed by atoms with E-state index < -0.39 is 5.97 Å². The quantitative estimate of drug-likeness (QED) is 0.831. The number of aromatic nitrogens is 3. The summed E-state index contributed by atoms with van der Waals surface area (Å²) in [6.45, 7) is 1.88. The van der Waals surface area contributed by atoms with Crippen molar-refractivity contribution < 1.29 is 9.90 Å². The van der Waals surface area contributed by atoms with E-state index in [1.54, 1.807) is 12.4 Å². The van der Waals surface area contributed by atoms with Gasteiger partial charge in [-0.05, 0) is 6.42 Å². The third kappa shape index (κ3) is 1.75. The van der Waals surface area contributed by atoms with Gasteiger partial charge in [0.1, 0.15) is 4.88 Å². The van der Waals surface area contributed by atoms with Crippen molar-refractivity contribution in [2.75, 3.05) is 0 Å². The molecule has 0 aliphatic heterocycles. The third-order valence-electron chi connectivity index (χ3n) is 1.93. The highest BCUT2D eigenvalue weighted by molar-refractivity contribution is 7.16. The van der Waals surface area contributed by atoms with Crippen molar-refractivity contribution in [2.45, 2.75) is 13.3 Å². The summed E-state index contributed by atoms with van der Waals surface area (Å²) < 4.78 is 0. The number of aromatic carboxylic acids is 1. The monoisotopic (exact) mass is 223 g/mol. The van der Waals surface area contributed by atoms with Gasteiger partial charge in [-0.1, -0.05) is 6.92 Å². The number of hydrogen-bond donors (Lipinski definition) is 2. The molecule has 2 rings (SSSR count). The van der Waals surface area contributed by atoms with Crippen LogP contribution in [0.5, 0.6) is 0 Å². The Labute approximate surface area is 89.8 Å². The Bertz CT molecular complexity index is 476. The fourth-order valence-corrected chi connectivity index (χ4v) is 2.19. The highest BCUT2D eigenvalue weighted by Crippen LogP contribution is 2.25. The molecule has 0 saturated heterocycles. The van der Waals surface area contributed by atoms with E-state index in [4.69, 9.17) is 5.11 Å². The second-order valence-electron chi connectivity index (χ2n) is 2.89. The molecule has 0 aromatic carbocycles. The highest BCUT2D eigenvalue weighted by Gasteiger charge is 2.17. The number of thiazole rings is 1. The standard InChI is InChI=1S/C9H9N3O2S/c1-2-5-6(9(13)14)15-8(12-5)7-10-3-4-11-7/h3-4H,2H2,1H3,(H,10,11)(H,13,14). The van der Waals surface area contributed by atoms with Crippen molar-refractivity contribution in [1.82, 2.24) is 15.0 Å². The van der Waals surface area contributed by atoms with Crippen molar-refractivity contribution in [1.29, 1.82) is 0 Å². The lowest BCUT2D eigenvalue weighted by Gasteiger charge is -1.89. The minimum Gasteiger partial charge on any atom is -0.477 e. The number of H-pyrrole nitrogens is 1. The van der Waals surface area contributed by atoms with E-state index in [0.29, 0.717) is 27.8 Å². The first kappa shape index (κ1) is 9.85. The lowest BCUT2D eigenvalue weighted by Crippen LogP contribution is -1.97. The summed E-state index contributed by atoms with van der Waals surface area (Å²) in [4.78, 5) is 22.4. The van der Waals surface area contributed by atoms with Crippen LogP contribution in [-0.4, -0.2) is 26.0 Å². The Hall–Kier alpha value is -1.69. The van der Waals surface area contributed by atoms with Crippen molar-refractivity contribution in [3.05, 3.63) is 23.0 Å². The van der Waals surface area contributed by atoms with Gasteiger partial charge in [0.05, 0.1) is 5.69 Å². The second kappa shape index (κ2) is 3.82. The van der Waals surface area contributed by atoms with Crippen LogP contribution in [0.4, 0.5) is 0 Å². The Balaban J connectivity index is 2.48. The van der Waals surface area contributed by atoms with Gasteiger partial charge in [0.25, 0.3) is 0 Å². The predicted octanol–water partition coefficient (Wildman–Crippen LogP) is 1.79. The van der Waals surface area contributed by atoms with Gasteiger partial charge < -0.3 is 10.1 Å². The van der Waals surface area contributed by atoms with E-state index in [9.17, 15) is 4.79 Å². The maximum absolute atomic E-state index is 10.9. The summed E-state index contributed by atoms with van der Waals surface area (Å²) in [6.07, 6.45) is 3.91. The average molecular weight is 223 g/mol. The minimum atomic E-state index is -0.929. The summed E-state index contributed by atoms with van der Waals surface area (Å²) >= 11 is 1.15. The SMILES string of the molecule is CCc1nc(-c2ncc[nH]2)sc1C(=O)O. The molecular weight excluding hydrogens is 214 g/mol. The molecule has 0 radical (unpaired) electrons. The molecule has 0 fully saturated rings. The summed E-state index contributed by atoms with van der Waals surface area (Å²) in [5, 5.41) is 9.57. The largest absolute Gasteiger partial charge is 0.477 e. The first-order chi connectivity index (χ1) is 7.22. The van der Waals surface area contributed by atoms with Crippen LogP contribution in [-0.2, 0) is 6.42 Å². The molecule has 15 heavy (non-hydrogen) atoms. The molecule has 0 spiro atoms. The van der Waals surface area contributed by atoms with Gasteiger partial charge in [-0.3, -0.25) is 0 Å². The van der Waals surface area contributed by atoms with Crippen LogP contribution < -0.4 is 0 Å². The van der Waals surface area contributed by atoms with Gasteiger partial charge in [0.15, 0.2) is 10.8 Å². The smallest absolute Gasteiger partial charge is 0.347 e. The van der Waals surface area contributed by atoms with Crippen LogP contribution in [0.2, 0.25) is 0 Å². The maximum Gasteiger partial charge on any atom is 0.347 e. The van der Waals surface area contributed by atoms with Gasteiger partial charge in [-0.2, -0.15) is 0 Å². The molecule has 0 bridgehead atoms. The van der Waals surface area contributed by atoms with Gasteiger partial charge in [0, 0.05) is 12.4 Å². The lowest BCUT2D eigenvalue weighted by molar-refractivity contribution is 0.0701. The zero-order valence-corrected chi connectivity index (χ0v) is 8.84. The van der Waals surface area contributed by atoms with Crippen molar-refractivity contribution in [3.8, 4) is 10.8 Å². The lowest BCUT2D eigenvalue weighted by atomic mass is 10.3. The first-order valence-electron chi connectivity index (χ1n) is 4.45. The Kier molecular flexibility index (Phi) is 2.51. The zero-order valence-electron chi connectivity index (χ0n) is 8.02. The second-order valence-corrected chi connectivity index (χ2v) is 3.89.